The van der Waals surface area contributed by atoms with Gasteiger partial charge in [0.2, 0.25) is 6.04 Å². The quantitative estimate of drug-likeness (QED) is 0.809. The number of benzene rings is 1. The molecule has 0 fully saturated rings. The van der Waals surface area contributed by atoms with Crippen LogP contribution in [0.25, 0.3) is 0 Å². The summed E-state index contributed by atoms with van der Waals surface area (Å²) in [5.74, 6) is 0.0525. The van der Waals surface area contributed by atoms with Gasteiger partial charge in [0.25, 0.3) is 5.82 Å². The number of aryl methyl sites for hydroxylation is 1. The molecule has 0 amide bonds. The Morgan fingerprint density at radius 3 is 2.47 bits per heavy atom. The van der Waals surface area contributed by atoms with Gasteiger partial charge in [0.1, 0.15) is 12.4 Å². The highest BCUT2D eigenvalue weighted by Gasteiger charge is 2.28. The molecule has 0 radical (unpaired) electrons. The Morgan fingerprint density at radius 2 is 2.00 bits per heavy atom. The van der Waals surface area contributed by atoms with Crippen LogP contribution < -0.4 is 4.57 Å². The molecule has 1 N–H and O–H groups in total. The number of rotatable bonds is 3. The third-order valence-corrected chi connectivity index (χ3v) is 2.96. The van der Waals surface area contributed by atoms with Crippen LogP contribution in [0.3, 0.4) is 0 Å². The van der Waals surface area contributed by atoms with Crippen molar-refractivity contribution in [3.8, 4) is 0 Å². The van der Waals surface area contributed by atoms with Gasteiger partial charge in [-0.2, -0.15) is 0 Å². The van der Waals surface area contributed by atoms with Gasteiger partial charge in [-0.15, -0.1) is 0 Å². The molecule has 0 aliphatic carbocycles. The summed E-state index contributed by atoms with van der Waals surface area (Å²) in [6.07, 6.45) is 3.65. The van der Waals surface area contributed by atoms with E-state index in [0.29, 0.717) is 0 Å². The summed E-state index contributed by atoms with van der Waals surface area (Å²) in [6, 6.07) is 8.58. The number of carbonyl (C=O) groups is 1. The lowest BCUT2D eigenvalue weighted by Gasteiger charge is -2.10. The predicted molar refractivity (Wildman–Crippen MR) is 62.6 cm³/mol. The van der Waals surface area contributed by atoms with Gasteiger partial charge in [-0.3, -0.25) is 0 Å². The fraction of sp³-hybridized carbons (Fsp3) is 0.231. The fourth-order valence-corrected chi connectivity index (χ4v) is 1.90. The monoisotopic (exact) mass is 231 g/mol. The van der Waals surface area contributed by atoms with Crippen molar-refractivity contribution >= 4 is 5.97 Å². The van der Waals surface area contributed by atoms with Gasteiger partial charge >= 0.3 is 5.97 Å². The molecule has 0 bridgehead atoms. The minimum atomic E-state index is -0.851. The van der Waals surface area contributed by atoms with Crippen molar-refractivity contribution in [2.24, 2.45) is 7.05 Å². The first-order valence-electron chi connectivity index (χ1n) is 5.42. The number of hydrogen-bond donors (Lipinski definition) is 1. The average molecular weight is 231 g/mol. The molecule has 2 aromatic rings. The molecule has 1 aromatic carbocycles. The number of aliphatic carboxylic acids is 1. The Balaban J connectivity index is 2.51. The number of aromatic nitrogens is 2. The summed E-state index contributed by atoms with van der Waals surface area (Å²) in [5, 5.41) is 9.38. The molecule has 1 heterocycles. The number of carboxylic acid groups (broad SMARTS) is 1. The van der Waals surface area contributed by atoms with Crippen LogP contribution in [0.2, 0.25) is 0 Å². The Hall–Kier alpha value is -2.10. The molecule has 88 valence electrons. The van der Waals surface area contributed by atoms with Crippen LogP contribution in [-0.4, -0.2) is 15.6 Å². The largest absolute Gasteiger partial charge is 0.478 e. The minimum Gasteiger partial charge on any atom is -0.478 e. The third kappa shape index (κ3) is 2.06. The molecular weight excluding hydrogens is 216 g/mol. The van der Waals surface area contributed by atoms with Gasteiger partial charge in [0.05, 0.1) is 7.05 Å². The molecule has 0 saturated heterocycles. The van der Waals surface area contributed by atoms with Gasteiger partial charge in [-0.25, -0.2) is 13.9 Å². The van der Waals surface area contributed by atoms with Gasteiger partial charge in [-0.05, 0) is 0 Å². The normalized spacial score (nSPS) is 12.4. The molecule has 0 spiro atoms. The highest BCUT2D eigenvalue weighted by atomic mass is 16.4. The molecule has 4 heteroatoms. The van der Waals surface area contributed by atoms with Gasteiger partial charge in [0, 0.05) is 12.5 Å². The second-order valence-electron chi connectivity index (χ2n) is 4.01. The maximum absolute atomic E-state index is 11.4. The van der Waals surface area contributed by atoms with E-state index in [2.05, 4.69) is 0 Å². The molecule has 0 saturated carbocycles. The van der Waals surface area contributed by atoms with Crippen LogP contribution >= 0.6 is 0 Å². The van der Waals surface area contributed by atoms with Crippen molar-refractivity contribution in [1.82, 2.24) is 4.57 Å². The summed E-state index contributed by atoms with van der Waals surface area (Å²) in [7, 11) is 1.90. The van der Waals surface area contributed by atoms with Crippen LogP contribution in [-0.2, 0) is 11.8 Å². The van der Waals surface area contributed by atoms with Crippen molar-refractivity contribution in [2.75, 3.05) is 0 Å². The van der Waals surface area contributed by atoms with E-state index in [4.69, 9.17) is 0 Å². The Morgan fingerprint density at radius 1 is 1.35 bits per heavy atom. The number of imidazole rings is 1. The Bertz CT molecular complexity index is 532. The fourth-order valence-electron chi connectivity index (χ4n) is 1.90. The summed E-state index contributed by atoms with van der Waals surface area (Å²) in [6.45, 7) is 1.90. The van der Waals surface area contributed by atoms with Crippen LogP contribution in [0.1, 0.15) is 17.4 Å². The van der Waals surface area contributed by atoms with Crippen LogP contribution in [0.5, 0.6) is 0 Å². The zero-order valence-corrected chi connectivity index (χ0v) is 9.87. The minimum absolute atomic E-state index is 0.669. The molecule has 17 heavy (non-hydrogen) atoms. The van der Waals surface area contributed by atoms with Crippen molar-refractivity contribution in [3.05, 3.63) is 54.1 Å². The lowest BCUT2D eigenvalue weighted by molar-refractivity contribution is -0.677. The zero-order valence-electron chi connectivity index (χ0n) is 9.87. The van der Waals surface area contributed by atoms with E-state index < -0.39 is 12.0 Å². The molecule has 1 aromatic heterocycles. The Labute approximate surface area is 99.8 Å². The van der Waals surface area contributed by atoms with Crippen LogP contribution in [0.4, 0.5) is 0 Å². The number of hydrogen-bond acceptors (Lipinski definition) is 1. The van der Waals surface area contributed by atoms with E-state index in [1.807, 2.05) is 55.1 Å². The number of carboxylic acids is 1. The second-order valence-corrected chi connectivity index (χ2v) is 4.01. The molecular formula is C13H15N2O2+. The van der Waals surface area contributed by atoms with E-state index in [1.165, 1.54) is 0 Å². The van der Waals surface area contributed by atoms with E-state index in [9.17, 15) is 9.90 Å². The summed E-state index contributed by atoms with van der Waals surface area (Å²) in [5.41, 5.74) is 0.777. The molecule has 2 rings (SSSR count). The predicted octanol–water partition coefficient (Wildman–Crippen LogP) is 1.30. The smallest absolute Gasteiger partial charge is 0.354 e. The highest BCUT2D eigenvalue weighted by Crippen LogP contribution is 2.19. The van der Waals surface area contributed by atoms with Gasteiger partial charge in [0.15, 0.2) is 0 Å². The van der Waals surface area contributed by atoms with Crippen LogP contribution in [0, 0.1) is 6.92 Å². The highest BCUT2D eigenvalue weighted by molar-refractivity contribution is 5.76. The standard InChI is InChI=1S/C13H14N2O2/c1-10-14(2)8-9-15(10)12(13(16)17)11-6-4-3-5-7-11/h3-9,12H,1-2H3/p+1/t12-/m0/s1. The van der Waals surface area contributed by atoms with E-state index >= 15 is 0 Å². The summed E-state index contributed by atoms with van der Waals surface area (Å²) < 4.78 is 3.66. The first kappa shape index (κ1) is 11.4. The molecule has 0 aliphatic heterocycles. The summed E-state index contributed by atoms with van der Waals surface area (Å²) >= 11 is 0. The van der Waals surface area contributed by atoms with Crippen LogP contribution in [0.15, 0.2) is 42.7 Å². The average Bonchev–Trinajstić information content (AvgIpc) is 2.63. The Kier molecular flexibility index (Phi) is 2.95. The summed E-state index contributed by atoms with van der Waals surface area (Å²) in [4.78, 5) is 11.4. The molecule has 0 aliphatic rings. The third-order valence-electron chi connectivity index (χ3n) is 2.96. The van der Waals surface area contributed by atoms with E-state index in [0.717, 1.165) is 11.4 Å². The molecule has 1 atom stereocenters. The van der Waals surface area contributed by atoms with Gasteiger partial charge < -0.3 is 5.11 Å². The van der Waals surface area contributed by atoms with E-state index in [-0.39, 0.29) is 0 Å². The second kappa shape index (κ2) is 4.41. The first-order chi connectivity index (χ1) is 8.11. The van der Waals surface area contributed by atoms with E-state index in [1.54, 1.807) is 10.8 Å². The van der Waals surface area contributed by atoms with Crippen molar-refractivity contribution in [2.45, 2.75) is 13.0 Å². The lowest BCUT2D eigenvalue weighted by Crippen LogP contribution is -2.32. The first-order valence-corrected chi connectivity index (χ1v) is 5.42. The topological polar surface area (TPSA) is 46.1 Å². The number of nitrogens with zero attached hydrogens (tertiary/aromatic N) is 2. The lowest BCUT2D eigenvalue weighted by atomic mass is 10.1. The van der Waals surface area contributed by atoms with Crippen molar-refractivity contribution < 1.29 is 14.5 Å². The molecule has 4 nitrogen and oxygen atoms in total. The zero-order chi connectivity index (χ0) is 12.4. The van der Waals surface area contributed by atoms with Crippen molar-refractivity contribution in [1.29, 1.82) is 0 Å². The maximum Gasteiger partial charge on any atom is 0.354 e. The maximum atomic E-state index is 11.4. The SMILES string of the molecule is Cc1n([C@H](C(=O)O)c2ccccc2)cc[n+]1C. The van der Waals surface area contributed by atoms with Gasteiger partial charge in [-0.1, -0.05) is 30.3 Å². The molecule has 0 unspecified atom stereocenters. The van der Waals surface area contributed by atoms with Crippen molar-refractivity contribution in [3.63, 3.8) is 0 Å².